The van der Waals surface area contributed by atoms with Gasteiger partial charge in [-0.05, 0) is 50.5 Å². The van der Waals surface area contributed by atoms with E-state index in [0.717, 1.165) is 17.5 Å². The number of nitrogens with zero attached hydrogens (tertiary/aromatic N) is 1. The summed E-state index contributed by atoms with van der Waals surface area (Å²) >= 11 is 0. The zero-order chi connectivity index (χ0) is 16.3. The second-order valence-corrected chi connectivity index (χ2v) is 6.11. The second kappa shape index (κ2) is 6.92. The Morgan fingerprint density at radius 3 is 2.68 bits per heavy atom. The molecule has 120 valence electrons. The van der Waals surface area contributed by atoms with Crippen molar-refractivity contribution >= 4 is 11.8 Å². The Morgan fingerprint density at radius 1 is 1.36 bits per heavy atom. The zero-order valence-corrected chi connectivity index (χ0v) is 13.4. The Kier molecular flexibility index (Phi) is 5.19. The van der Waals surface area contributed by atoms with E-state index in [2.05, 4.69) is 5.32 Å². The number of amides is 2. The van der Waals surface area contributed by atoms with Gasteiger partial charge in [0, 0.05) is 24.6 Å². The molecule has 1 heterocycles. The number of nitrogens with one attached hydrogen (secondary N) is 1. The van der Waals surface area contributed by atoms with E-state index in [1.807, 2.05) is 26.0 Å². The number of aryl methyl sites for hydroxylation is 2. The highest BCUT2D eigenvalue weighted by Crippen LogP contribution is 2.19. The summed E-state index contributed by atoms with van der Waals surface area (Å²) in [7, 11) is 0. The molecule has 1 fully saturated rings. The summed E-state index contributed by atoms with van der Waals surface area (Å²) in [4.78, 5) is 25.9. The first kappa shape index (κ1) is 16.5. The quantitative estimate of drug-likeness (QED) is 0.880. The topological polar surface area (TPSA) is 69.6 Å². The van der Waals surface area contributed by atoms with Crippen LogP contribution < -0.4 is 5.32 Å². The Hall–Kier alpha value is -1.88. The summed E-state index contributed by atoms with van der Waals surface area (Å²) in [5.41, 5.74) is 2.76. The first-order valence-corrected chi connectivity index (χ1v) is 7.69. The molecule has 2 rings (SSSR count). The van der Waals surface area contributed by atoms with E-state index in [4.69, 9.17) is 0 Å². The van der Waals surface area contributed by atoms with E-state index in [9.17, 15) is 14.7 Å². The largest absolute Gasteiger partial charge is 0.393 e. The number of rotatable bonds is 4. The number of carbonyl (C=O) groups excluding carboxylic acids is 2. The maximum absolute atomic E-state index is 12.1. The van der Waals surface area contributed by atoms with Gasteiger partial charge < -0.3 is 15.3 Å². The van der Waals surface area contributed by atoms with Crippen molar-refractivity contribution in [3.8, 4) is 0 Å². The lowest BCUT2D eigenvalue weighted by Crippen LogP contribution is -2.39. The number of carbonyl (C=O) groups is 2. The van der Waals surface area contributed by atoms with Crippen molar-refractivity contribution in [1.82, 2.24) is 10.2 Å². The van der Waals surface area contributed by atoms with Gasteiger partial charge in [0.15, 0.2) is 0 Å². The van der Waals surface area contributed by atoms with Crippen LogP contribution in [0.15, 0.2) is 18.2 Å². The minimum atomic E-state index is -0.400. The highest BCUT2D eigenvalue weighted by Gasteiger charge is 2.28. The molecule has 5 heteroatoms. The summed E-state index contributed by atoms with van der Waals surface area (Å²) in [5.74, 6) is -0.192. The highest BCUT2D eigenvalue weighted by atomic mass is 16.3. The lowest BCUT2D eigenvalue weighted by Gasteiger charge is -2.18. The molecule has 1 aromatic carbocycles. The van der Waals surface area contributed by atoms with Crippen LogP contribution in [0.5, 0.6) is 0 Å². The van der Waals surface area contributed by atoms with Crippen LogP contribution in [-0.4, -0.2) is 47.6 Å². The van der Waals surface area contributed by atoms with Gasteiger partial charge in [0.05, 0.1) is 12.6 Å². The molecule has 2 amide bonds. The van der Waals surface area contributed by atoms with Crippen LogP contribution in [0.2, 0.25) is 0 Å². The Labute approximate surface area is 131 Å². The molecule has 0 saturated carbocycles. The van der Waals surface area contributed by atoms with E-state index in [1.165, 1.54) is 0 Å². The fourth-order valence-corrected chi connectivity index (χ4v) is 2.66. The normalized spacial score (nSPS) is 19.1. The second-order valence-electron chi connectivity index (χ2n) is 6.11. The molecule has 0 bridgehead atoms. The molecule has 22 heavy (non-hydrogen) atoms. The molecule has 2 N–H and O–H groups in total. The zero-order valence-electron chi connectivity index (χ0n) is 13.4. The molecule has 5 nitrogen and oxygen atoms in total. The summed E-state index contributed by atoms with van der Waals surface area (Å²) in [6.07, 6.45) is 0.414. The molecule has 1 saturated heterocycles. The molecule has 0 aromatic heterocycles. The van der Waals surface area contributed by atoms with Crippen LogP contribution in [0.1, 0.15) is 34.8 Å². The van der Waals surface area contributed by atoms with E-state index < -0.39 is 6.10 Å². The molecular weight excluding hydrogens is 280 g/mol. The van der Waals surface area contributed by atoms with Gasteiger partial charge in [-0.3, -0.25) is 9.59 Å². The molecule has 1 aromatic rings. The summed E-state index contributed by atoms with van der Waals surface area (Å²) in [6.45, 7) is 6.91. The van der Waals surface area contributed by atoms with E-state index in [0.29, 0.717) is 18.7 Å². The van der Waals surface area contributed by atoms with Crippen LogP contribution in [0, 0.1) is 19.8 Å². The van der Waals surface area contributed by atoms with Gasteiger partial charge in [0.1, 0.15) is 0 Å². The third-order valence-electron chi connectivity index (χ3n) is 4.43. The van der Waals surface area contributed by atoms with E-state index >= 15 is 0 Å². The molecule has 1 aliphatic rings. The Balaban J connectivity index is 1.86. The van der Waals surface area contributed by atoms with Crippen LogP contribution >= 0.6 is 0 Å². The summed E-state index contributed by atoms with van der Waals surface area (Å²) in [6, 6.07) is 5.50. The van der Waals surface area contributed by atoms with Crippen molar-refractivity contribution in [1.29, 1.82) is 0 Å². The van der Waals surface area contributed by atoms with Crippen LogP contribution in [0.25, 0.3) is 0 Å². The third-order valence-corrected chi connectivity index (χ3v) is 4.43. The number of hydrogen-bond donors (Lipinski definition) is 2. The summed E-state index contributed by atoms with van der Waals surface area (Å²) in [5, 5.41) is 12.2. The van der Waals surface area contributed by atoms with Gasteiger partial charge >= 0.3 is 0 Å². The maximum Gasteiger partial charge on any atom is 0.251 e. The average molecular weight is 304 g/mol. The number of aliphatic hydroxyl groups excluding tert-OH is 1. The molecule has 0 radical (unpaired) electrons. The first-order valence-electron chi connectivity index (χ1n) is 7.69. The number of hydrogen-bond acceptors (Lipinski definition) is 3. The predicted octanol–water partition coefficient (Wildman–Crippen LogP) is 1.26. The van der Waals surface area contributed by atoms with E-state index in [1.54, 1.807) is 17.9 Å². The molecule has 0 aliphatic carbocycles. The fraction of sp³-hybridized carbons (Fsp3) is 0.529. The van der Waals surface area contributed by atoms with Crippen molar-refractivity contribution < 1.29 is 14.7 Å². The van der Waals surface area contributed by atoms with Gasteiger partial charge in [0.2, 0.25) is 5.91 Å². The van der Waals surface area contributed by atoms with Crippen molar-refractivity contribution in [2.24, 2.45) is 5.92 Å². The van der Waals surface area contributed by atoms with Gasteiger partial charge in [-0.25, -0.2) is 0 Å². The van der Waals surface area contributed by atoms with Crippen LogP contribution in [-0.2, 0) is 4.79 Å². The first-order chi connectivity index (χ1) is 10.4. The average Bonchev–Trinajstić information content (AvgIpc) is 2.97. The van der Waals surface area contributed by atoms with Gasteiger partial charge in [-0.1, -0.05) is 6.07 Å². The maximum atomic E-state index is 12.1. The van der Waals surface area contributed by atoms with E-state index in [-0.39, 0.29) is 24.3 Å². The minimum absolute atomic E-state index is 0.00170. The van der Waals surface area contributed by atoms with Crippen molar-refractivity contribution in [3.63, 3.8) is 0 Å². The third kappa shape index (κ3) is 3.85. The van der Waals surface area contributed by atoms with Crippen LogP contribution in [0.3, 0.4) is 0 Å². The highest BCUT2D eigenvalue weighted by molar-refractivity contribution is 5.96. The SMILES string of the molecule is Cc1ccc(C(=O)NCC(=O)N2CCC(C(C)O)C2)cc1C. The van der Waals surface area contributed by atoms with Gasteiger partial charge in [0.25, 0.3) is 5.91 Å². The van der Waals surface area contributed by atoms with Gasteiger partial charge in [-0.2, -0.15) is 0 Å². The smallest absolute Gasteiger partial charge is 0.251 e. The number of aliphatic hydroxyl groups is 1. The standard InChI is InChI=1S/C17H24N2O3/c1-11-4-5-14(8-12(11)2)17(22)18-9-16(21)19-7-6-15(10-19)13(3)20/h4-5,8,13,15,20H,6-7,9-10H2,1-3H3,(H,18,22). The molecular formula is C17H24N2O3. The van der Waals surface area contributed by atoms with Crippen molar-refractivity contribution in [2.75, 3.05) is 19.6 Å². The molecule has 1 aliphatic heterocycles. The van der Waals surface area contributed by atoms with Crippen molar-refractivity contribution in [2.45, 2.75) is 33.3 Å². The molecule has 0 spiro atoms. The molecule has 2 unspecified atom stereocenters. The minimum Gasteiger partial charge on any atom is -0.393 e. The monoisotopic (exact) mass is 304 g/mol. The summed E-state index contributed by atoms with van der Waals surface area (Å²) < 4.78 is 0. The lowest BCUT2D eigenvalue weighted by atomic mass is 10.0. The lowest BCUT2D eigenvalue weighted by molar-refractivity contribution is -0.129. The number of likely N-dealkylation sites (tertiary alicyclic amines) is 1. The molecule has 2 atom stereocenters. The van der Waals surface area contributed by atoms with Crippen LogP contribution in [0.4, 0.5) is 0 Å². The predicted molar refractivity (Wildman–Crippen MR) is 84.6 cm³/mol. The Bertz CT molecular complexity index is 569. The number of benzene rings is 1. The Morgan fingerprint density at radius 2 is 2.09 bits per heavy atom. The fourth-order valence-electron chi connectivity index (χ4n) is 2.66. The van der Waals surface area contributed by atoms with Crippen molar-refractivity contribution in [3.05, 3.63) is 34.9 Å². The van der Waals surface area contributed by atoms with Gasteiger partial charge in [-0.15, -0.1) is 0 Å².